The van der Waals surface area contributed by atoms with Gasteiger partial charge in [-0.05, 0) is 51.8 Å². The third-order valence-electron chi connectivity index (χ3n) is 5.63. The molecule has 0 unspecified atom stereocenters. The van der Waals surface area contributed by atoms with Gasteiger partial charge in [-0.2, -0.15) is 0 Å². The van der Waals surface area contributed by atoms with Crippen molar-refractivity contribution in [1.29, 1.82) is 0 Å². The van der Waals surface area contributed by atoms with Gasteiger partial charge in [-0.1, -0.05) is 18.2 Å². The number of Topliss-reactive ketones (excluding diaryl/α,β-unsaturated/α-hetero) is 1. The van der Waals surface area contributed by atoms with Crippen molar-refractivity contribution in [2.24, 2.45) is 0 Å². The monoisotopic (exact) mass is 422 g/mol. The van der Waals surface area contributed by atoms with Gasteiger partial charge in [0.25, 0.3) is 0 Å². The van der Waals surface area contributed by atoms with Crippen LogP contribution in [0.1, 0.15) is 50.8 Å². The summed E-state index contributed by atoms with van der Waals surface area (Å²) in [5.74, 6) is -0.227. The summed E-state index contributed by atoms with van der Waals surface area (Å²) in [5, 5.41) is 0. The Bertz CT molecular complexity index is 1090. The molecule has 3 aromatic rings. The number of aryl methyl sites for hydroxylation is 2. The molecule has 1 aromatic carbocycles. The lowest BCUT2D eigenvalue weighted by Gasteiger charge is -2.14. The van der Waals surface area contributed by atoms with E-state index in [1.807, 2.05) is 50.2 Å². The van der Waals surface area contributed by atoms with Gasteiger partial charge in [-0.3, -0.25) is 4.79 Å². The number of ether oxygens (including phenoxy) is 2. The highest BCUT2D eigenvalue weighted by Crippen LogP contribution is 2.23. The standard InChI is InChI=1S/C24H26N2O5/c1-15-12-20(16(2)26(15)13-19-10-7-11-29-19)21(27)14-30-24(28)22-17(3)31-23(25-22)18-8-5-4-6-9-18/h4-6,8-9,12,19H,7,10-11,13-14H2,1-3H3/t19-/m0/s1. The summed E-state index contributed by atoms with van der Waals surface area (Å²) in [6.45, 7) is 6.69. The van der Waals surface area contributed by atoms with Crippen LogP contribution in [0.3, 0.4) is 0 Å². The first-order valence-electron chi connectivity index (χ1n) is 10.5. The second kappa shape index (κ2) is 8.89. The highest BCUT2D eigenvalue weighted by molar-refractivity contribution is 6.00. The fourth-order valence-corrected chi connectivity index (χ4v) is 3.92. The van der Waals surface area contributed by atoms with E-state index in [2.05, 4.69) is 9.55 Å². The third kappa shape index (κ3) is 4.46. The number of rotatable bonds is 7. The number of benzene rings is 1. The molecule has 0 N–H and O–H groups in total. The minimum atomic E-state index is -0.676. The molecule has 2 aromatic heterocycles. The lowest BCUT2D eigenvalue weighted by molar-refractivity contribution is 0.0467. The Morgan fingerprint density at radius 1 is 1.19 bits per heavy atom. The van der Waals surface area contributed by atoms with Crippen molar-refractivity contribution in [3.05, 3.63) is 64.8 Å². The maximum absolute atomic E-state index is 12.8. The van der Waals surface area contributed by atoms with E-state index < -0.39 is 5.97 Å². The Kier molecular flexibility index (Phi) is 6.04. The van der Waals surface area contributed by atoms with Gasteiger partial charge < -0.3 is 18.5 Å². The lowest BCUT2D eigenvalue weighted by atomic mass is 10.1. The zero-order valence-electron chi connectivity index (χ0n) is 18.0. The molecule has 162 valence electrons. The van der Waals surface area contributed by atoms with Crippen molar-refractivity contribution >= 4 is 11.8 Å². The molecule has 7 nitrogen and oxygen atoms in total. The van der Waals surface area contributed by atoms with Gasteiger partial charge >= 0.3 is 5.97 Å². The first-order valence-corrected chi connectivity index (χ1v) is 10.5. The van der Waals surface area contributed by atoms with E-state index >= 15 is 0 Å². The maximum atomic E-state index is 12.8. The highest BCUT2D eigenvalue weighted by Gasteiger charge is 2.24. The molecule has 31 heavy (non-hydrogen) atoms. The zero-order chi connectivity index (χ0) is 22.0. The fraction of sp³-hybridized carbons (Fsp3) is 0.375. The van der Waals surface area contributed by atoms with Gasteiger partial charge in [-0.15, -0.1) is 0 Å². The highest BCUT2D eigenvalue weighted by atomic mass is 16.5. The van der Waals surface area contributed by atoms with E-state index in [9.17, 15) is 9.59 Å². The molecule has 3 heterocycles. The molecule has 1 aliphatic heterocycles. The molecule has 7 heteroatoms. The first kappa shape index (κ1) is 21.1. The molecular formula is C24H26N2O5. The van der Waals surface area contributed by atoms with Crippen LogP contribution in [0.5, 0.6) is 0 Å². The van der Waals surface area contributed by atoms with Gasteiger partial charge in [0.15, 0.2) is 12.3 Å². The summed E-state index contributed by atoms with van der Waals surface area (Å²) in [7, 11) is 0. The van der Waals surface area contributed by atoms with Crippen LogP contribution in [0, 0.1) is 20.8 Å². The van der Waals surface area contributed by atoms with Crippen LogP contribution >= 0.6 is 0 Å². The van der Waals surface area contributed by atoms with Crippen LogP contribution in [-0.4, -0.2) is 40.6 Å². The maximum Gasteiger partial charge on any atom is 0.361 e. The van der Waals surface area contributed by atoms with E-state index in [-0.39, 0.29) is 24.2 Å². The molecule has 4 rings (SSSR count). The topological polar surface area (TPSA) is 83.6 Å². The van der Waals surface area contributed by atoms with Crippen molar-refractivity contribution in [2.45, 2.75) is 46.3 Å². The van der Waals surface area contributed by atoms with Gasteiger partial charge in [0.2, 0.25) is 11.7 Å². The van der Waals surface area contributed by atoms with Crippen LogP contribution in [0.4, 0.5) is 0 Å². The number of hydrogen-bond acceptors (Lipinski definition) is 6. The van der Waals surface area contributed by atoms with Gasteiger partial charge in [0, 0.05) is 35.7 Å². The van der Waals surface area contributed by atoms with E-state index in [0.717, 1.165) is 42.9 Å². The number of carbonyl (C=O) groups excluding carboxylic acids is 2. The number of oxazole rings is 1. The van der Waals surface area contributed by atoms with Crippen LogP contribution in [0.15, 0.2) is 40.8 Å². The Hall–Kier alpha value is -3.19. The molecule has 1 atom stereocenters. The average Bonchev–Trinajstić information content (AvgIpc) is 3.49. The van der Waals surface area contributed by atoms with Crippen molar-refractivity contribution in [3.8, 4) is 11.5 Å². The smallest absolute Gasteiger partial charge is 0.361 e. The van der Waals surface area contributed by atoms with Crippen LogP contribution in [0.25, 0.3) is 11.5 Å². The van der Waals surface area contributed by atoms with Crippen molar-refractivity contribution in [2.75, 3.05) is 13.2 Å². The average molecular weight is 422 g/mol. The SMILES string of the molecule is Cc1oc(-c2ccccc2)nc1C(=O)OCC(=O)c1cc(C)n(C[C@@H]2CCCO2)c1C. The minimum Gasteiger partial charge on any atom is -0.452 e. The normalized spacial score (nSPS) is 15.9. The number of esters is 1. The number of carbonyl (C=O) groups is 2. The predicted octanol–water partition coefficient (Wildman–Crippen LogP) is 4.29. The minimum absolute atomic E-state index is 0.0792. The number of hydrogen-bond donors (Lipinski definition) is 0. The molecular weight excluding hydrogens is 396 g/mol. The first-order chi connectivity index (χ1) is 14.9. The summed E-state index contributed by atoms with van der Waals surface area (Å²) in [6, 6.07) is 11.1. The molecule has 1 saturated heterocycles. The van der Waals surface area contributed by atoms with Crippen molar-refractivity contribution < 1.29 is 23.5 Å². The van der Waals surface area contributed by atoms with Crippen molar-refractivity contribution in [3.63, 3.8) is 0 Å². The van der Waals surface area contributed by atoms with E-state index in [1.165, 1.54) is 0 Å². The molecule has 0 spiro atoms. The molecule has 0 amide bonds. The van der Waals surface area contributed by atoms with Crippen LogP contribution in [-0.2, 0) is 16.0 Å². The van der Waals surface area contributed by atoms with Crippen LogP contribution in [0.2, 0.25) is 0 Å². The van der Waals surface area contributed by atoms with E-state index in [1.54, 1.807) is 6.92 Å². The number of aromatic nitrogens is 2. The molecule has 0 saturated carbocycles. The van der Waals surface area contributed by atoms with Crippen LogP contribution < -0.4 is 0 Å². The summed E-state index contributed by atoms with van der Waals surface area (Å²) in [6.07, 6.45) is 2.28. The lowest BCUT2D eigenvalue weighted by Crippen LogP contribution is -2.18. The molecule has 1 fully saturated rings. The molecule has 0 aliphatic carbocycles. The van der Waals surface area contributed by atoms with Gasteiger partial charge in [0.1, 0.15) is 5.76 Å². The third-order valence-corrected chi connectivity index (χ3v) is 5.63. The van der Waals surface area contributed by atoms with Gasteiger partial charge in [0.05, 0.1) is 6.10 Å². The van der Waals surface area contributed by atoms with Gasteiger partial charge in [-0.25, -0.2) is 9.78 Å². The largest absolute Gasteiger partial charge is 0.452 e. The summed E-state index contributed by atoms with van der Waals surface area (Å²) in [5.41, 5.74) is 3.25. The molecule has 1 aliphatic rings. The fourth-order valence-electron chi connectivity index (χ4n) is 3.92. The number of nitrogens with zero attached hydrogens (tertiary/aromatic N) is 2. The Labute approximate surface area is 181 Å². The summed E-state index contributed by atoms with van der Waals surface area (Å²) >= 11 is 0. The Morgan fingerprint density at radius 3 is 2.68 bits per heavy atom. The Balaban J connectivity index is 1.42. The zero-order valence-corrected chi connectivity index (χ0v) is 18.0. The van der Waals surface area contributed by atoms with E-state index in [0.29, 0.717) is 17.2 Å². The summed E-state index contributed by atoms with van der Waals surface area (Å²) in [4.78, 5) is 29.5. The second-order valence-electron chi connectivity index (χ2n) is 7.82. The molecule has 0 bridgehead atoms. The van der Waals surface area contributed by atoms with Crippen molar-refractivity contribution in [1.82, 2.24) is 9.55 Å². The Morgan fingerprint density at radius 2 is 1.97 bits per heavy atom. The summed E-state index contributed by atoms with van der Waals surface area (Å²) < 4.78 is 18.7. The molecule has 0 radical (unpaired) electrons. The second-order valence-corrected chi connectivity index (χ2v) is 7.82. The predicted molar refractivity (Wildman–Crippen MR) is 114 cm³/mol. The quantitative estimate of drug-likeness (QED) is 0.417. The van der Waals surface area contributed by atoms with E-state index in [4.69, 9.17) is 13.9 Å². The number of ketones is 1.